The minimum absolute atomic E-state index is 0.0288. The predicted octanol–water partition coefficient (Wildman–Crippen LogP) is 4.12. The maximum Gasteiger partial charge on any atom is 0.336 e. The fourth-order valence-electron chi connectivity index (χ4n) is 1.75. The minimum atomic E-state index is -1.10. The summed E-state index contributed by atoms with van der Waals surface area (Å²) in [6, 6.07) is 11.8. The monoisotopic (exact) mass is 276 g/mol. The summed E-state index contributed by atoms with van der Waals surface area (Å²) in [5.41, 5.74) is 1.80. The van der Waals surface area contributed by atoms with E-state index in [1.165, 1.54) is 12.1 Å². The zero-order chi connectivity index (χ0) is 13.8. The fourth-order valence-corrected chi connectivity index (χ4v) is 2.78. The van der Waals surface area contributed by atoms with Crippen LogP contribution in [0, 0.1) is 12.7 Å². The number of carboxylic acids is 1. The Morgan fingerprint density at radius 3 is 2.68 bits per heavy atom. The van der Waals surface area contributed by atoms with Gasteiger partial charge in [0.05, 0.1) is 5.56 Å². The molecule has 0 aliphatic carbocycles. The number of hydrogen-bond acceptors (Lipinski definition) is 2. The molecule has 19 heavy (non-hydrogen) atoms. The third-order valence-electron chi connectivity index (χ3n) is 2.78. The standard InChI is InChI=1S/C15H13FO2S/c1-10-4-2-3-5-14(10)19-9-11-6-7-12(16)8-13(11)15(17)18/h2-8H,9H2,1H3,(H,17,18). The van der Waals surface area contributed by atoms with Crippen molar-refractivity contribution in [3.8, 4) is 0 Å². The summed E-state index contributed by atoms with van der Waals surface area (Å²) in [7, 11) is 0. The summed E-state index contributed by atoms with van der Waals surface area (Å²) in [5, 5.41) is 9.07. The van der Waals surface area contributed by atoms with E-state index in [1.807, 2.05) is 31.2 Å². The van der Waals surface area contributed by atoms with E-state index < -0.39 is 11.8 Å². The Labute approximate surface area is 115 Å². The lowest BCUT2D eigenvalue weighted by atomic mass is 10.1. The van der Waals surface area contributed by atoms with Crippen LogP contribution in [0.15, 0.2) is 47.4 Å². The third-order valence-corrected chi connectivity index (χ3v) is 4.00. The van der Waals surface area contributed by atoms with Crippen molar-refractivity contribution >= 4 is 17.7 Å². The number of hydrogen-bond donors (Lipinski definition) is 1. The lowest BCUT2D eigenvalue weighted by Crippen LogP contribution is -2.02. The number of thioether (sulfide) groups is 1. The largest absolute Gasteiger partial charge is 0.478 e. The van der Waals surface area contributed by atoms with Gasteiger partial charge in [-0.15, -0.1) is 11.8 Å². The molecule has 2 aromatic carbocycles. The first-order chi connectivity index (χ1) is 9.08. The molecule has 1 N–H and O–H groups in total. The van der Waals surface area contributed by atoms with E-state index in [0.717, 1.165) is 16.5 Å². The highest BCUT2D eigenvalue weighted by atomic mass is 32.2. The van der Waals surface area contributed by atoms with Crippen molar-refractivity contribution in [3.63, 3.8) is 0 Å². The Hall–Kier alpha value is -1.81. The Bertz CT molecular complexity index is 611. The molecule has 0 heterocycles. The molecule has 0 spiro atoms. The van der Waals surface area contributed by atoms with Crippen LogP contribution in [-0.4, -0.2) is 11.1 Å². The van der Waals surface area contributed by atoms with Crippen LogP contribution < -0.4 is 0 Å². The molecular weight excluding hydrogens is 263 g/mol. The molecule has 0 saturated carbocycles. The van der Waals surface area contributed by atoms with Crippen LogP contribution >= 0.6 is 11.8 Å². The van der Waals surface area contributed by atoms with Gasteiger partial charge in [-0.2, -0.15) is 0 Å². The molecule has 0 bridgehead atoms. The van der Waals surface area contributed by atoms with E-state index in [4.69, 9.17) is 5.11 Å². The van der Waals surface area contributed by atoms with Gasteiger partial charge in [0.2, 0.25) is 0 Å². The summed E-state index contributed by atoms with van der Waals surface area (Å²) in [4.78, 5) is 12.2. The van der Waals surface area contributed by atoms with Gasteiger partial charge in [0.1, 0.15) is 5.82 Å². The second-order valence-electron chi connectivity index (χ2n) is 4.16. The van der Waals surface area contributed by atoms with Crippen LogP contribution in [0.4, 0.5) is 4.39 Å². The van der Waals surface area contributed by atoms with Crippen molar-refractivity contribution in [1.29, 1.82) is 0 Å². The van der Waals surface area contributed by atoms with E-state index in [1.54, 1.807) is 11.8 Å². The van der Waals surface area contributed by atoms with Gasteiger partial charge in [-0.3, -0.25) is 0 Å². The van der Waals surface area contributed by atoms with Crippen molar-refractivity contribution in [3.05, 3.63) is 65.0 Å². The van der Waals surface area contributed by atoms with Gasteiger partial charge in [0.15, 0.2) is 0 Å². The summed E-state index contributed by atoms with van der Waals surface area (Å²) < 4.78 is 13.1. The fraction of sp³-hybridized carbons (Fsp3) is 0.133. The zero-order valence-electron chi connectivity index (χ0n) is 10.4. The zero-order valence-corrected chi connectivity index (χ0v) is 11.2. The summed E-state index contributed by atoms with van der Waals surface area (Å²) in [5.74, 6) is -1.12. The predicted molar refractivity (Wildman–Crippen MR) is 74.1 cm³/mol. The Balaban J connectivity index is 2.20. The number of carboxylic acid groups (broad SMARTS) is 1. The van der Waals surface area contributed by atoms with E-state index in [2.05, 4.69) is 0 Å². The molecule has 0 aromatic heterocycles. The van der Waals surface area contributed by atoms with Gasteiger partial charge < -0.3 is 5.11 Å². The third kappa shape index (κ3) is 3.35. The molecule has 0 aliphatic heterocycles. The quantitative estimate of drug-likeness (QED) is 0.853. The lowest BCUT2D eigenvalue weighted by molar-refractivity contribution is 0.0695. The Morgan fingerprint density at radius 1 is 1.26 bits per heavy atom. The maximum absolute atomic E-state index is 13.1. The number of halogens is 1. The molecule has 0 unspecified atom stereocenters. The van der Waals surface area contributed by atoms with Gasteiger partial charge in [0.25, 0.3) is 0 Å². The first-order valence-electron chi connectivity index (χ1n) is 5.78. The molecule has 0 aliphatic rings. The highest BCUT2D eigenvalue weighted by Crippen LogP contribution is 2.27. The molecule has 0 fully saturated rings. The average molecular weight is 276 g/mol. The number of carbonyl (C=O) groups is 1. The second kappa shape index (κ2) is 5.89. The molecule has 2 aromatic rings. The first kappa shape index (κ1) is 13.6. The molecule has 98 valence electrons. The van der Waals surface area contributed by atoms with Crippen molar-refractivity contribution < 1.29 is 14.3 Å². The van der Waals surface area contributed by atoms with E-state index in [-0.39, 0.29) is 5.56 Å². The number of aryl methyl sites for hydroxylation is 1. The van der Waals surface area contributed by atoms with Crippen LogP contribution in [0.5, 0.6) is 0 Å². The van der Waals surface area contributed by atoms with Crippen molar-refractivity contribution in [2.24, 2.45) is 0 Å². The Morgan fingerprint density at radius 2 is 2.00 bits per heavy atom. The number of benzene rings is 2. The normalized spacial score (nSPS) is 10.4. The van der Waals surface area contributed by atoms with Crippen LogP contribution in [0.3, 0.4) is 0 Å². The van der Waals surface area contributed by atoms with Gasteiger partial charge in [0, 0.05) is 10.6 Å². The smallest absolute Gasteiger partial charge is 0.336 e. The molecule has 4 heteroatoms. The van der Waals surface area contributed by atoms with E-state index in [9.17, 15) is 9.18 Å². The SMILES string of the molecule is Cc1ccccc1SCc1ccc(F)cc1C(=O)O. The highest BCUT2D eigenvalue weighted by Gasteiger charge is 2.11. The molecule has 0 atom stereocenters. The van der Waals surface area contributed by atoms with Gasteiger partial charge in [-0.25, -0.2) is 9.18 Å². The summed E-state index contributed by atoms with van der Waals surface area (Å²) in [6.45, 7) is 2.01. The Kier molecular flexibility index (Phi) is 4.22. The van der Waals surface area contributed by atoms with Gasteiger partial charge in [-0.1, -0.05) is 24.3 Å². The van der Waals surface area contributed by atoms with Crippen LogP contribution in [-0.2, 0) is 5.75 Å². The molecule has 2 nitrogen and oxygen atoms in total. The van der Waals surface area contributed by atoms with Gasteiger partial charge in [-0.05, 0) is 36.2 Å². The van der Waals surface area contributed by atoms with Crippen LogP contribution in [0.25, 0.3) is 0 Å². The molecule has 0 saturated heterocycles. The average Bonchev–Trinajstić information content (AvgIpc) is 2.38. The summed E-state index contributed by atoms with van der Waals surface area (Å²) >= 11 is 1.55. The molecular formula is C15H13FO2S. The van der Waals surface area contributed by atoms with Gasteiger partial charge >= 0.3 is 5.97 Å². The van der Waals surface area contributed by atoms with Crippen molar-refractivity contribution in [2.45, 2.75) is 17.6 Å². The minimum Gasteiger partial charge on any atom is -0.478 e. The van der Waals surface area contributed by atoms with Crippen molar-refractivity contribution in [2.75, 3.05) is 0 Å². The molecule has 0 radical (unpaired) electrons. The van der Waals surface area contributed by atoms with Crippen LogP contribution in [0.1, 0.15) is 21.5 Å². The summed E-state index contributed by atoms with van der Waals surface area (Å²) in [6.07, 6.45) is 0. The van der Waals surface area contributed by atoms with E-state index >= 15 is 0 Å². The number of aromatic carboxylic acids is 1. The van der Waals surface area contributed by atoms with Crippen LogP contribution in [0.2, 0.25) is 0 Å². The van der Waals surface area contributed by atoms with E-state index in [0.29, 0.717) is 11.3 Å². The topological polar surface area (TPSA) is 37.3 Å². The second-order valence-corrected chi connectivity index (χ2v) is 5.18. The lowest BCUT2D eigenvalue weighted by Gasteiger charge is -2.08. The number of rotatable bonds is 4. The first-order valence-corrected chi connectivity index (χ1v) is 6.76. The van der Waals surface area contributed by atoms with Crippen molar-refractivity contribution in [1.82, 2.24) is 0 Å². The highest BCUT2D eigenvalue weighted by molar-refractivity contribution is 7.98. The molecule has 2 rings (SSSR count). The maximum atomic E-state index is 13.1. The molecule has 0 amide bonds.